The molecule has 0 aromatic heterocycles. The first-order chi connectivity index (χ1) is 7.39. The highest BCUT2D eigenvalue weighted by Gasteiger charge is 2.30. The second-order valence-electron chi connectivity index (χ2n) is 4.26. The number of rotatable bonds is 4. The number of ether oxygens (including phenoxy) is 1. The first-order valence-corrected chi connectivity index (χ1v) is 6.30. The van der Waals surface area contributed by atoms with E-state index in [1.807, 2.05) is 25.1 Å². The molecule has 0 aliphatic carbocycles. The van der Waals surface area contributed by atoms with Crippen molar-refractivity contribution in [2.75, 3.05) is 13.7 Å². The third-order valence-electron chi connectivity index (χ3n) is 2.95. The number of hydrogen-bond donors (Lipinski definition) is 1. The highest BCUT2D eigenvalue weighted by atomic mass is 79.9. The van der Waals surface area contributed by atoms with Crippen LogP contribution in [0, 0.1) is 5.92 Å². The molecule has 2 N–H and O–H groups in total. The number of halogens is 2. The molecule has 1 rings (SSSR count). The minimum absolute atomic E-state index is 0.191. The van der Waals surface area contributed by atoms with Gasteiger partial charge in [-0.25, -0.2) is 0 Å². The summed E-state index contributed by atoms with van der Waals surface area (Å²) in [5, 5.41) is 0.683. The van der Waals surface area contributed by atoms with E-state index in [1.165, 1.54) is 0 Å². The van der Waals surface area contributed by atoms with Crippen LogP contribution in [-0.4, -0.2) is 13.7 Å². The summed E-state index contributed by atoms with van der Waals surface area (Å²) in [5.41, 5.74) is 6.79. The van der Waals surface area contributed by atoms with Crippen molar-refractivity contribution in [1.29, 1.82) is 0 Å². The molecule has 2 nitrogen and oxygen atoms in total. The molecule has 0 aliphatic rings. The Kier molecular flexibility index (Phi) is 4.80. The summed E-state index contributed by atoms with van der Waals surface area (Å²) < 4.78 is 6.10. The summed E-state index contributed by atoms with van der Waals surface area (Å²) in [5.74, 6) is 0.191. The van der Waals surface area contributed by atoms with Gasteiger partial charge in [-0.15, -0.1) is 0 Å². The van der Waals surface area contributed by atoms with Crippen molar-refractivity contribution in [2.24, 2.45) is 11.7 Å². The van der Waals surface area contributed by atoms with Crippen molar-refractivity contribution in [3.05, 3.63) is 33.3 Å². The number of benzene rings is 1. The normalized spacial score (nSPS) is 16.9. The van der Waals surface area contributed by atoms with Crippen LogP contribution in [0.2, 0.25) is 5.02 Å². The predicted octanol–water partition coefficient (Wildman–Crippen LogP) is 3.56. The molecule has 1 aromatic rings. The van der Waals surface area contributed by atoms with Crippen LogP contribution < -0.4 is 5.73 Å². The van der Waals surface area contributed by atoms with Crippen molar-refractivity contribution in [2.45, 2.75) is 19.4 Å². The molecule has 2 unspecified atom stereocenters. The Labute approximate surface area is 110 Å². The first kappa shape index (κ1) is 14.0. The minimum atomic E-state index is -0.492. The lowest BCUT2D eigenvalue weighted by atomic mass is 9.82. The summed E-state index contributed by atoms with van der Waals surface area (Å²) >= 11 is 9.59. The van der Waals surface area contributed by atoms with Crippen LogP contribution >= 0.6 is 27.5 Å². The van der Waals surface area contributed by atoms with E-state index in [1.54, 1.807) is 7.11 Å². The molecule has 0 aliphatic heterocycles. The van der Waals surface area contributed by atoms with Crippen LogP contribution in [0.15, 0.2) is 22.7 Å². The molecule has 0 heterocycles. The van der Waals surface area contributed by atoms with Crippen LogP contribution in [0.1, 0.15) is 19.4 Å². The Morgan fingerprint density at radius 3 is 2.69 bits per heavy atom. The molecule has 0 saturated carbocycles. The second kappa shape index (κ2) is 5.50. The summed E-state index contributed by atoms with van der Waals surface area (Å²) in [6, 6.07) is 5.77. The third kappa shape index (κ3) is 2.98. The maximum Gasteiger partial charge on any atom is 0.0508 e. The Hall–Kier alpha value is -0.0900. The summed E-state index contributed by atoms with van der Waals surface area (Å²) in [6.45, 7) is 4.65. The smallest absolute Gasteiger partial charge is 0.0508 e. The van der Waals surface area contributed by atoms with Crippen molar-refractivity contribution in [3.8, 4) is 0 Å². The van der Waals surface area contributed by atoms with E-state index in [-0.39, 0.29) is 5.92 Å². The molecule has 4 heteroatoms. The molecule has 0 spiro atoms. The lowest BCUT2D eigenvalue weighted by Gasteiger charge is -2.32. The highest BCUT2D eigenvalue weighted by molar-refractivity contribution is 9.10. The van der Waals surface area contributed by atoms with E-state index < -0.39 is 5.54 Å². The van der Waals surface area contributed by atoms with Crippen LogP contribution in [0.5, 0.6) is 0 Å². The van der Waals surface area contributed by atoms with Crippen LogP contribution in [0.3, 0.4) is 0 Å². The van der Waals surface area contributed by atoms with Crippen LogP contribution in [0.25, 0.3) is 0 Å². The van der Waals surface area contributed by atoms with Gasteiger partial charge in [-0.05, 0) is 24.6 Å². The quantitative estimate of drug-likeness (QED) is 0.923. The maximum absolute atomic E-state index is 6.34. The summed E-state index contributed by atoms with van der Waals surface area (Å²) in [6.07, 6.45) is 0. The van der Waals surface area contributed by atoms with Gasteiger partial charge in [0.1, 0.15) is 0 Å². The van der Waals surface area contributed by atoms with Gasteiger partial charge >= 0.3 is 0 Å². The van der Waals surface area contributed by atoms with Crippen LogP contribution in [0.4, 0.5) is 0 Å². The molecule has 0 radical (unpaired) electrons. The number of nitrogens with two attached hydrogens (primary N) is 1. The van der Waals surface area contributed by atoms with Gasteiger partial charge < -0.3 is 10.5 Å². The van der Waals surface area contributed by atoms with E-state index in [9.17, 15) is 0 Å². The van der Waals surface area contributed by atoms with Crippen molar-refractivity contribution < 1.29 is 4.74 Å². The van der Waals surface area contributed by atoms with Crippen LogP contribution in [-0.2, 0) is 10.3 Å². The predicted molar refractivity (Wildman–Crippen MR) is 71.7 cm³/mol. The fraction of sp³-hybridized carbons (Fsp3) is 0.500. The van der Waals surface area contributed by atoms with E-state index in [0.717, 1.165) is 10.0 Å². The molecule has 0 amide bonds. The lowest BCUT2D eigenvalue weighted by molar-refractivity contribution is 0.121. The Morgan fingerprint density at radius 1 is 1.56 bits per heavy atom. The summed E-state index contributed by atoms with van der Waals surface area (Å²) in [7, 11) is 1.68. The second-order valence-corrected chi connectivity index (χ2v) is 5.59. The lowest BCUT2D eigenvalue weighted by Crippen LogP contribution is -2.42. The molecule has 90 valence electrons. The van der Waals surface area contributed by atoms with E-state index in [4.69, 9.17) is 22.1 Å². The number of hydrogen-bond acceptors (Lipinski definition) is 2. The molecule has 1 aromatic carbocycles. The largest absolute Gasteiger partial charge is 0.384 e. The van der Waals surface area contributed by atoms with Gasteiger partial charge in [0.05, 0.1) is 6.61 Å². The zero-order chi connectivity index (χ0) is 12.3. The highest BCUT2D eigenvalue weighted by Crippen LogP contribution is 2.33. The number of methoxy groups -OCH3 is 1. The zero-order valence-corrected chi connectivity index (χ0v) is 12.1. The van der Waals surface area contributed by atoms with Gasteiger partial charge in [-0.3, -0.25) is 0 Å². The van der Waals surface area contributed by atoms with Gasteiger partial charge in [0.15, 0.2) is 0 Å². The van der Waals surface area contributed by atoms with E-state index >= 15 is 0 Å². The van der Waals surface area contributed by atoms with Gasteiger partial charge in [0, 0.05) is 28.1 Å². The summed E-state index contributed by atoms with van der Waals surface area (Å²) in [4.78, 5) is 0. The van der Waals surface area contributed by atoms with Gasteiger partial charge in [-0.1, -0.05) is 40.5 Å². The molecular formula is C12H17BrClNO. The fourth-order valence-electron chi connectivity index (χ4n) is 1.61. The van der Waals surface area contributed by atoms with Crippen molar-refractivity contribution >= 4 is 27.5 Å². The Balaban J connectivity index is 3.06. The first-order valence-electron chi connectivity index (χ1n) is 5.13. The Morgan fingerprint density at radius 2 is 2.19 bits per heavy atom. The molecule has 2 atom stereocenters. The monoisotopic (exact) mass is 305 g/mol. The standard InChI is InChI=1S/C12H17BrClNO/c1-8(7-16-3)12(2,15)10-5-4-9(13)6-11(10)14/h4-6,8H,7,15H2,1-3H3. The molecule has 0 bridgehead atoms. The molecule has 16 heavy (non-hydrogen) atoms. The van der Waals surface area contributed by atoms with Crippen molar-refractivity contribution in [1.82, 2.24) is 0 Å². The van der Waals surface area contributed by atoms with Crippen molar-refractivity contribution in [3.63, 3.8) is 0 Å². The molecule has 0 fully saturated rings. The van der Waals surface area contributed by atoms with Gasteiger partial charge in [0.25, 0.3) is 0 Å². The fourth-order valence-corrected chi connectivity index (χ4v) is 2.49. The zero-order valence-electron chi connectivity index (χ0n) is 9.76. The topological polar surface area (TPSA) is 35.2 Å². The van der Waals surface area contributed by atoms with Gasteiger partial charge in [-0.2, -0.15) is 0 Å². The van der Waals surface area contributed by atoms with E-state index in [0.29, 0.717) is 11.6 Å². The molecule has 0 saturated heterocycles. The molecular weight excluding hydrogens is 289 g/mol. The van der Waals surface area contributed by atoms with Gasteiger partial charge in [0.2, 0.25) is 0 Å². The van der Waals surface area contributed by atoms with E-state index in [2.05, 4.69) is 22.9 Å². The SMILES string of the molecule is COCC(C)C(C)(N)c1ccc(Br)cc1Cl. The average molecular weight is 307 g/mol. The minimum Gasteiger partial charge on any atom is -0.384 e. The third-order valence-corrected chi connectivity index (χ3v) is 3.76. The average Bonchev–Trinajstić information content (AvgIpc) is 2.17. The maximum atomic E-state index is 6.34. The Bertz CT molecular complexity index is 368.